The molecular formula is C9H8O2S. The molecule has 0 fully saturated rings. The molecule has 0 amide bonds. The van der Waals surface area contributed by atoms with Crippen molar-refractivity contribution in [1.29, 1.82) is 0 Å². The minimum Gasteiger partial charge on any atom is -0.463 e. The Labute approximate surface area is 72.6 Å². The van der Waals surface area contributed by atoms with E-state index >= 15 is 0 Å². The van der Waals surface area contributed by atoms with Gasteiger partial charge in [0.1, 0.15) is 5.58 Å². The monoisotopic (exact) mass is 180 g/mol. The van der Waals surface area contributed by atoms with Crippen molar-refractivity contribution in [1.82, 2.24) is 0 Å². The number of hydrogen-bond acceptors (Lipinski definition) is 2. The number of fused-ring (bicyclic) bond motifs is 1. The van der Waals surface area contributed by atoms with Crippen LogP contribution in [0.2, 0.25) is 0 Å². The highest BCUT2D eigenvalue weighted by Gasteiger charge is 2.05. The Morgan fingerprint density at radius 1 is 1.33 bits per heavy atom. The topological polar surface area (TPSA) is 30.2 Å². The number of rotatable bonds is 1. The maximum Gasteiger partial charge on any atom is 0.149 e. The Morgan fingerprint density at radius 3 is 2.92 bits per heavy atom. The van der Waals surface area contributed by atoms with E-state index in [9.17, 15) is 4.21 Å². The van der Waals surface area contributed by atoms with Crippen molar-refractivity contribution in [3.05, 3.63) is 30.5 Å². The van der Waals surface area contributed by atoms with Gasteiger partial charge in [-0.2, -0.15) is 0 Å². The molecule has 2 nitrogen and oxygen atoms in total. The molecule has 0 bridgehead atoms. The van der Waals surface area contributed by atoms with Crippen LogP contribution in [-0.2, 0) is 10.8 Å². The molecular weight excluding hydrogens is 172 g/mol. The minimum absolute atomic E-state index is 0.735. The maximum absolute atomic E-state index is 11.2. The number of para-hydroxylation sites is 1. The van der Waals surface area contributed by atoms with Gasteiger partial charge in [0.15, 0.2) is 0 Å². The molecule has 1 unspecified atom stereocenters. The number of benzene rings is 1. The third-order valence-corrected chi connectivity index (χ3v) is 2.69. The molecule has 0 aliphatic heterocycles. The first-order chi connectivity index (χ1) is 5.79. The lowest BCUT2D eigenvalue weighted by molar-refractivity contribution is 0.606. The lowest BCUT2D eigenvalue weighted by atomic mass is 10.3. The third-order valence-electron chi connectivity index (χ3n) is 1.75. The molecule has 0 spiro atoms. The largest absolute Gasteiger partial charge is 0.463 e. The quantitative estimate of drug-likeness (QED) is 0.673. The van der Waals surface area contributed by atoms with Crippen LogP contribution < -0.4 is 0 Å². The second-order valence-corrected chi connectivity index (χ2v) is 3.90. The lowest BCUT2D eigenvalue weighted by Gasteiger charge is -1.95. The molecule has 12 heavy (non-hydrogen) atoms. The van der Waals surface area contributed by atoms with Crippen LogP contribution in [0.5, 0.6) is 0 Å². The third kappa shape index (κ3) is 1.06. The highest BCUT2D eigenvalue weighted by Crippen LogP contribution is 2.21. The summed E-state index contributed by atoms with van der Waals surface area (Å²) in [4.78, 5) is 0.762. The van der Waals surface area contributed by atoms with Crippen LogP contribution in [0, 0.1) is 0 Å². The molecule has 2 rings (SSSR count). The molecule has 0 radical (unpaired) electrons. The molecule has 0 N–H and O–H groups in total. The van der Waals surface area contributed by atoms with Gasteiger partial charge in [-0.1, -0.05) is 12.1 Å². The van der Waals surface area contributed by atoms with Gasteiger partial charge in [0.05, 0.1) is 22.0 Å². The van der Waals surface area contributed by atoms with Crippen molar-refractivity contribution >= 4 is 21.8 Å². The summed E-state index contributed by atoms with van der Waals surface area (Å²) >= 11 is 0. The summed E-state index contributed by atoms with van der Waals surface area (Å²) in [5.41, 5.74) is 0.735. The van der Waals surface area contributed by atoms with E-state index in [0.717, 1.165) is 15.9 Å². The van der Waals surface area contributed by atoms with Crippen molar-refractivity contribution in [2.24, 2.45) is 0 Å². The fourth-order valence-corrected chi connectivity index (χ4v) is 1.89. The van der Waals surface area contributed by atoms with Crippen LogP contribution in [0.25, 0.3) is 11.0 Å². The smallest absolute Gasteiger partial charge is 0.149 e. The van der Waals surface area contributed by atoms with E-state index in [-0.39, 0.29) is 0 Å². The fourth-order valence-electron chi connectivity index (χ4n) is 1.19. The van der Waals surface area contributed by atoms with E-state index in [1.807, 2.05) is 24.3 Å². The van der Waals surface area contributed by atoms with E-state index in [1.165, 1.54) is 0 Å². The Kier molecular flexibility index (Phi) is 1.73. The van der Waals surface area contributed by atoms with E-state index < -0.39 is 10.8 Å². The molecule has 2 aromatic rings. The van der Waals surface area contributed by atoms with E-state index in [4.69, 9.17) is 4.42 Å². The van der Waals surface area contributed by atoms with Gasteiger partial charge in [-0.15, -0.1) is 0 Å². The van der Waals surface area contributed by atoms with Crippen LogP contribution in [-0.4, -0.2) is 10.5 Å². The summed E-state index contributed by atoms with van der Waals surface area (Å²) in [6.07, 6.45) is 3.26. The first kappa shape index (κ1) is 7.55. The van der Waals surface area contributed by atoms with Crippen molar-refractivity contribution < 1.29 is 8.63 Å². The summed E-state index contributed by atoms with van der Waals surface area (Å²) in [6, 6.07) is 7.51. The Bertz CT molecular complexity index is 431. The van der Waals surface area contributed by atoms with Crippen LogP contribution >= 0.6 is 0 Å². The maximum atomic E-state index is 11.2. The molecule has 0 aliphatic carbocycles. The van der Waals surface area contributed by atoms with Gasteiger partial charge in [0.25, 0.3) is 0 Å². The van der Waals surface area contributed by atoms with Crippen molar-refractivity contribution in [2.45, 2.75) is 4.90 Å². The average molecular weight is 180 g/mol. The van der Waals surface area contributed by atoms with Crippen LogP contribution in [0.1, 0.15) is 0 Å². The van der Waals surface area contributed by atoms with Gasteiger partial charge in [-0.25, -0.2) is 0 Å². The predicted molar refractivity (Wildman–Crippen MR) is 48.5 cm³/mol. The Balaban J connectivity index is 2.82. The molecule has 0 saturated heterocycles. The second kappa shape index (κ2) is 2.75. The summed E-state index contributed by atoms with van der Waals surface area (Å²) in [6.45, 7) is 0. The minimum atomic E-state index is -0.976. The van der Waals surface area contributed by atoms with E-state index in [1.54, 1.807) is 12.5 Å². The fraction of sp³-hybridized carbons (Fsp3) is 0.111. The highest BCUT2D eigenvalue weighted by atomic mass is 32.2. The summed E-state index contributed by atoms with van der Waals surface area (Å²) in [5.74, 6) is 0. The average Bonchev–Trinajstić information content (AvgIpc) is 2.49. The van der Waals surface area contributed by atoms with Crippen molar-refractivity contribution in [2.75, 3.05) is 6.26 Å². The predicted octanol–water partition coefficient (Wildman–Crippen LogP) is 2.17. The molecule has 3 heteroatoms. The molecule has 62 valence electrons. The highest BCUT2D eigenvalue weighted by molar-refractivity contribution is 7.84. The van der Waals surface area contributed by atoms with Gasteiger partial charge in [-0.3, -0.25) is 4.21 Å². The molecule has 0 saturated carbocycles. The number of hydrogen-bond donors (Lipinski definition) is 0. The normalized spacial score (nSPS) is 13.4. The SMILES string of the molecule is CS(=O)c1cccc2ccoc12. The van der Waals surface area contributed by atoms with Crippen LogP contribution in [0.4, 0.5) is 0 Å². The molecule has 1 heterocycles. The second-order valence-electron chi connectivity index (χ2n) is 2.55. The molecule has 1 aromatic heterocycles. The van der Waals surface area contributed by atoms with E-state index in [0.29, 0.717) is 0 Å². The summed E-state index contributed by atoms with van der Waals surface area (Å²) in [5, 5.41) is 1.00. The summed E-state index contributed by atoms with van der Waals surface area (Å²) in [7, 11) is -0.976. The lowest BCUT2D eigenvalue weighted by Crippen LogP contribution is -1.86. The molecule has 1 atom stereocenters. The Morgan fingerprint density at radius 2 is 2.17 bits per heavy atom. The zero-order chi connectivity index (χ0) is 8.55. The summed E-state index contributed by atoms with van der Waals surface area (Å²) < 4.78 is 16.4. The Hall–Kier alpha value is -1.09. The first-order valence-electron chi connectivity index (χ1n) is 3.58. The standard InChI is InChI=1S/C9H8O2S/c1-12(10)8-4-2-3-7-5-6-11-9(7)8/h2-6H,1H3. The van der Waals surface area contributed by atoms with Gasteiger partial charge >= 0.3 is 0 Å². The zero-order valence-corrected chi connectivity index (χ0v) is 7.43. The van der Waals surface area contributed by atoms with Crippen LogP contribution in [0.15, 0.2) is 39.8 Å². The zero-order valence-electron chi connectivity index (χ0n) is 6.61. The molecule has 1 aromatic carbocycles. The number of furan rings is 1. The van der Waals surface area contributed by atoms with Gasteiger partial charge in [0, 0.05) is 11.6 Å². The van der Waals surface area contributed by atoms with E-state index in [2.05, 4.69) is 0 Å². The van der Waals surface area contributed by atoms with Crippen LogP contribution in [0.3, 0.4) is 0 Å². The van der Waals surface area contributed by atoms with Gasteiger partial charge < -0.3 is 4.42 Å². The van der Waals surface area contributed by atoms with Gasteiger partial charge in [0.2, 0.25) is 0 Å². The van der Waals surface area contributed by atoms with Gasteiger partial charge in [-0.05, 0) is 12.1 Å². The molecule has 0 aliphatic rings. The van der Waals surface area contributed by atoms with Crippen molar-refractivity contribution in [3.63, 3.8) is 0 Å². The van der Waals surface area contributed by atoms with Crippen molar-refractivity contribution in [3.8, 4) is 0 Å². The first-order valence-corrected chi connectivity index (χ1v) is 5.14.